The molecule has 0 amide bonds. The van der Waals surface area contributed by atoms with Gasteiger partial charge >= 0.3 is 0 Å². The van der Waals surface area contributed by atoms with Crippen LogP contribution in [0.15, 0.2) is 18.2 Å². The highest BCUT2D eigenvalue weighted by molar-refractivity contribution is 5.45. The van der Waals surface area contributed by atoms with E-state index in [0.29, 0.717) is 12.7 Å². The van der Waals surface area contributed by atoms with Crippen LogP contribution in [0.2, 0.25) is 0 Å². The Morgan fingerprint density at radius 3 is 2.56 bits per heavy atom. The van der Waals surface area contributed by atoms with E-state index in [9.17, 15) is 5.11 Å². The fourth-order valence-electron chi connectivity index (χ4n) is 2.58. The molecule has 1 N–H and O–H groups in total. The summed E-state index contributed by atoms with van der Waals surface area (Å²) in [6.45, 7) is 0.335. The molecule has 3 heteroatoms. The molecule has 0 atom stereocenters. The van der Waals surface area contributed by atoms with Crippen LogP contribution in [-0.2, 0) is 0 Å². The third-order valence-electron chi connectivity index (χ3n) is 3.56. The average molecular weight is 220 g/mol. The van der Waals surface area contributed by atoms with Gasteiger partial charge in [0.2, 0.25) is 6.79 Å². The SMILES string of the molecule is OC1CCC(c2ccc3c(c2)OCO3)CC1. The lowest BCUT2D eigenvalue weighted by molar-refractivity contribution is 0.122. The first-order valence-electron chi connectivity index (χ1n) is 5.90. The van der Waals surface area contributed by atoms with Crippen LogP contribution in [0.25, 0.3) is 0 Å². The largest absolute Gasteiger partial charge is 0.454 e. The molecule has 0 radical (unpaired) electrons. The summed E-state index contributed by atoms with van der Waals surface area (Å²) in [6, 6.07) is 6.20. The van der Waals surface area contributed by atoms with Gasteiger partial charge in [0, 0.05) is 0 Å². The molecule has 1 saturated carbocycles. The monoisotopic (exact) mass is 220 g/mol. The van der Waals surface area contributed by atoms with E-state index in [1.807, 2.05) is 6.07 Å². The lowest BCUT2D eigenvalue weighted by Crippen LogP contribution is -2.16. The molecule has 1 aliphatic carbocycles. The van der Waals surface area contributed by atoms with Crippen LogP contribution in [0.3, 0.4) is 0 Å². The van der Waals surface area contributed by atoms with Crippen molar-refractivity contribution in [2.75, 3.05) is 6.79 Å². The first kappa shape index (κ1) is 9.97. The zero-order valence-corrected chi connectivity index (χ0v) is 9.19. The van der Waals surface area contributed by atoms with Crippen molar-refractivity contribution in [2.45, 2.75) is 37.7 Å². The van der Waals surface area contributed by atoms with Gasteiger partial charge in [-0.25, -0.2) is 0 Å². The molecule has 3 nitrogen and oxygen atoms in total. The summed E-state index contributed by atoms with van der Waals surface area (Å²) in [5.74, 6) is 2.28. The van der Waals surface area contributed by atoms with Gasteiger partial charge in [-0.2, -0.15) is 0 Å². The Hall–Kier alpha value is -1.22. The van der Waals surface area contributed by atoms with Gasteiger partial charge in [-0.05, 0) is 49.3 Å². The summed E-state index contributed by atoms with van der Waals surface area (Å²) in [5.41, 5.74) is 1.32. The molecule has 0 saturated heterocycles. The topological polar surface area (TPSA) is 38.7 Å². The number of hydrogen-bond acceptors (Lipinski definition) is 3. The molecule has 1 aromatic rings. The van der Waals surface area contributed by atoms with E-state index < -0.39 is 0 Å². The van der Waals surface area contributed by atoms with Crippen molar-refractivity contribution in [3.05, 3.63) is 23.8 Å². The summed E-state index contributed by atoms with van der Waals surface area (Å²) in [7, 11) is 0. The van der Waals surface area contributed by atoms with E-state index in [0.717, 1.165) is 37.2 Å². The van der Waals surface area contributed by atoms with Crippen molar-refractivity contribution in [3.63, 3.8) is 0 Å². The second-order valence-corrected chi connectivity index (χ2v) is 4.62. The number of aliphatic hydroxyl groups is 1. The quantitative estimate of drug-likeness (QED) is 0.790. The molecular weight excluding hydrogens is 204 g/mol. The Morgan fingerprint density at radius 2 is 1.75 bits per heavy atom. The smallest absolute Gasteiger partial charge is 0.231 e. The summed E-state index contributed by atoms with van der Waals surface area (Å²) >= 11 is 0. The summed E-state index contributed by atoms with van der Waals surface area (Å²) < 4.78 is 10.7. The number of hydrogen-bond donors (Lipinski definition) is 1. The maximum Gasteiger partial charge on any atom is 0.231 e. The number of rotatable bonds is 1. The normalized spacial score (nSPS) is 28.1. The molecule has 2 aliphatic rings. The van der Waals surface area contributed by atoms with E-state index in [1.165, 1.54) is 5.56 Å². The first-order valence-corrected chi connectivity index (χ1v) is 5.90. The summed E-state index contributed by atoms with van der Waals surface area (Å²) in [5, 5.41) is 9.48. The molecule has 3 rings (SSSR count). The minimum atomic E-state index is -0.0924. The number of aliphatic hydroxyl groups excluding tert-OH is 1. The van der Waals surface area contributed by atoms with Gasteiger partial charge in [0.15, 0.2) is 11.5 Å². The van der Waals surface area contributed by atoms with Crippen LogP contribution in [0, 0.1) is 0 Å². The Bertz CT molecular complexity index is 381. The van der Waals surface area contributed by atoms with Gasteiger partial charge in [-0.15, -0.1) is 0 Å². The number of ether oxygens (including phenoxy) is 2. The molecule has 0 spiro atoms. The van der Waals surface area contributed by atoms with Crippen LogP contribution in [0.1, 0.15) is 37.2 Å². The van der Waals surface area contributed by atoms with Crippen molar-refractivity contribution in [1.82, 2.24) is 0 Å². The molecule has 1 fully saturated rings. The lowest BCUT2D eigenvalue weighted by Gasteiger charge is -2.25. The van der Waals surface area contributed by atoms with Crippen molar-refractivity contribution in [1.29, 1.82) is 0 Å². The van der Waals surface area contributed by atoms with Crippen molar-refractivity contribution >= 4 is 0 Å². The van der Waals surface area contributed by atoms with Crippen LogP contribution in [0.4, 0.5) is 0 Å². The molecule has 0 aromatic heterocycles. The van der Waals surface area contributed by atoms with Gasteiger partial charge in [0.25, 0.3) is 0 Å². The molecule has 16 heavy (non-hydrogen) atoms. The van der Waals surface area contributed by atoms with Crippen LogP contribution in [0.5, 0.6) is 11.5 Å². The molecule has 1 aromatic carbocycles. The fourth-order valence-corrected chi connectivity index (χ4v) is 2.58. The van der Waals surface area contributed by atoms with Crippen LogP contribution >= 0.6 is 0 Å². The fraction of sp³-hybridized carbons (Fsp3) is 0.538. The van der Waals surface area contributed by atoms with Gasteiger partial charge in [-0.1, -0.05) is 6.07 Å². The summed E-state index contributed by atoms with van der Waals surface area (Å²) in [4.78, 5) is 0. The van der Waals surface area contributed by atoms with Crippen LogP contribution in [-0.4, -0.2) is 18.0 Å². The van der Waals surface area contributed by atoms with E-state index in [1.54, 1.807) is 0 Å². The Labute approximate surface area is 95.0 Å². The third kappa shape index (κ3) is 1.76. The van der Waals surface area contributed by atoms with Crippen LogP contribution < -0.4 is 9.47 Å². The first-order chi connectivity index (χ1) is 7.83. The predicted octanol–water partition coefficient (Wildman–Crippen LogP) is 2.43. The molecule has 1 aliphatic heterocycles. The third-order valence-corrected chi connectivity index (χ3v) is 3.56. The van der Waals surface area contributed by atoms with E-state index in [-0.39, 0.29) is 6.10 Å². The maximum absolute atomic E-state index is 9.48. The molecule has 0 bridgehead atoms. The zero-order valence-electron chi connectivity index (χ0n) is 9.19. The standard InChI is InChI=1S/C13H16O3/c14-11-4-1-9(2-5-11)10-3-6-12-13(7-10)16-8-15-12/h3,6-7,9,11,14H,1-2,4-5,8H2. The Kier molecular flexibility index (Phi) is 2.48. The average Bonchev–Trinajstić information content (AvgIpc) is 2.77. The van der Waals surface area contributed by atoms with Gasteiger partial charge < -0.3 is 14.6 Å². The van der Waals surface area contributed by atoms with Crippen molar-refractivity contribution < 1.29 is 14.6 Å². The molecule has 86 valence electrons. The predicted molar refractivity (Wildman–Crippen MR) is 59.8 cm³/mol. The molecule has 0 unspecified atom stereocenters. The van der Waals surface area contributed by atoms with Crippen molar-refractivity contribution in [3.8, 4) is 11.5 Å². The van der Waals surface area contributed by atoms with Gasteiger partial charge in [0.1, 0.15) is 0 Å². The van der Waals surface area contributed by atoms with E-state index >= 15 is 0 Å². The second kappa shape index (κ2) is 3.98. The minimum absolute atomic E-state index is 0.0924. The van der Waals surface area contributed by atoms with Gasteiger partial charge in [-0.3, -0.25) is 0 Å². The molecule has 1 heterocycles. The van der Waals surface area contributed by atoms with E-state index in [2.05, 4.69) is 12.1 Å². The number of benzene rings is 1. The second-order valence-electron chi connectivity index (χ2n) is 4.62. The Morgan fingerprint density at radius 1 is 1.00 bits per heavy atom. The maximum atomic E-state index is 9.48. The highest BCUT2D eigenvalue weighted by Gasteiger charge is 2.22. The van der Waals surface area contributed by atoms with E-state index in [4.69, 9.17) is 9.47 Å². The Balaban J connectivity index is 1.79. The number of fused-ring (bicyclic) bond motifs is 1. The van der Waals surface area contributed by atoms with Gasteiger partial charge in [0.05, 0.1) is 6.10 Å². The highest BCUT2D eigenvalue weighted by atomic mass is 16.7. The lowest BCUT2D eigenvalue weighted by atomic mass is 9.83. The minimum Gasteiger partial charge on any atom is -0.454 e. The summed E-state index contributed by atoms with van der Waals surface area (Å²) in [6.07, 6.45) is 3.88. The highest BCUT2D eigenvalue weighted by Crippen LogP contribution is 2.39. The zero-order chi connectivity index (χ0) is 11.0. The molecular formula is C13H16O3. The van der Waals surface area contributed by atoms with Crippen molar-refractivity contribution in [2.24, 2.45) is 0 Å².